The first-order valence-electron chi connectivity index (χ1n) is 7.43. The van der Waals surface area contributed by atoms with Crippen LogP contribution < -0.4 is 9.33 Å². The standard InChI is InChI=1S/C15H17FN3O2/c16-10-8-14-15(9-13(10)17-6-1-2-7-17)19(21)12-5-3-4-11(12)18(14)20/h8-9,20H,1-7H2/q+1. The molecule has 1 aliphatic carbocycles. The summed E-state index contributed by atoms with van der Waals surface area (Å²) in [5.41, 5.74) is 2.24. The van der Waals surface area contributed by atoms with E-state index in [1.807, 2.05) is 4.90 Å². The van der Waals surface area contributed by atoms with Crippen LogP contribution in [0.15, 0.2) is 12.1 Å². The van der Waals surface area contributed by atoms with E-state index < -0.39 is 0 Å². The third kappa shape index (κ3) is 1.74. The quantitative estimate of drug-likeness (QED) is 0.646. The van der Waals surface area contributed by atoms with Crippen molar-refractivity contribution in [1.29, 1.82) is 0 Å². The molecule has 1 aromatic carbocycles. The Morgan fingerprint density at radius 2 is 1.90 bits per heavy atom. The molecule has 110 valence electrons. The number of benzene rings is 1. The van der Waals surface area contributed by atoms with E-state index in [4.69, 9.17) is 0 Å². The van der Waals surface area contributed by atoms with Crippen molar-refractivity contribution in [2.45, 2.75) is 32.1 Å². The molecule has 1 saturated heterocycles. The smallest absolute Gasteiger partial charge is 0.292 e. The first-order chi connectivity index (χ1) is 10.2. The maximum Gasteiger partial charge on any atom is 0.292 e. The fraction of sp³-hybridized carbons (Fsp3) is 0.467. The van der Waals surface area contributed by atoms with Crippen LogP contribution >= 0.6 is 0 Å². The predicted octanol–water partition coefficient (Wildman–Crippen LogP) is 2.02. The van der Waals surface area contributed by atoms with Crippen molar-refractivity contribution in [3.8, 4) is 0 Å². The Morgan fingerprint density at radius 3 is 2.67 bits per heavy atom. The van der Waals surface area contributed by atoms with E-state index in [0.717, 1.165) is 41.5 Å². The zero-order valence-corrected chi connectivity index (χ0v) is 11.7. The Hall–Kier alpha value is -2.11. The highest BCUT2D eigenvalue weighted by Gasteiger charge is 2.30. The van der Waals surface area contributed by atoms with Crippen LogP contribution in [0.1, 0.15) is 30.7 Å². The minimum Gasteiger partial charge on any atom is -0.428 e. The van der Waals surface area contributed by atoms with E-state index in [0.29, 0.717) is 35.4 Å². The van der Waals surface area contributed by atoms with Gasteiger partial charge in [0.25, 0.3) is 11.2 Å². The SMILES string of the molecule is O=[n+]1c2c(n(O)c3cc(F)c(N4CCCC4)cc31)CCC2. The summed E-state index contributed by atoms with van der Waals surface area (Å²) in [7, 11) is 0. The summed E-state index contributed by atoms with van der Waals surface area (Å²) in [4.78, 5) is 14.5. The van der Waals surface area contributed by atoms with Gasteiger partial charge in [0.05, 0.1) is 10.1 Å². The summed E-state index contributed by atoms with van der Waals surface area (Å²) in [6.45, 7) is 1.62. The van der Waals surface area contributed by atoms with Crippen LogP contribution in [0.3, 0.4) is 0 Å². The van der Waals surface area contributed by atoms with Crippen LogP contribution in [-0.4, -0.2) is 23.0 Å². The fourth-order valence-corrected chi connectivity index (χ4v) is 3.52. The van der Waals surface area contributed by atoms with E-state index in [1.165, 1.54) is 6.07 Å². The Morgan fingerprint density at radius 1 is 1.14 bits per heavy atom. The highest BCUT2D eigenvalue weighted by atomic mass is 19.1. The van der Waals surface area contributed by atoms with Gasteiger partial charge in [-0.3, -0.25) is 0 Å². The second-order valence-electron chi connectivity index (χ2n) is 5.84. The van der Waals surface area contributed by atoms with Gasteiger partial charge in [0, 0.05) is 36.6 Å². The van der Waals surface area contributed by atoms with Crippen molar-refractivity contribution in [3.05, 3.63) is 34.2 Å². The molecular formula is C15H17FN3O2+. The molecule has 0 spiro atoms. The van der Waals surface area contributed by atoms with Crippen LogP contribution in [0.4, 0.5) is 10.1 Å². The summed E-state index contributed by atoms with van der Waals surface area (Å²) in [6.07, 6.45) is 4.24. The van der Waals surface area contributed by atoms with E-state index in [1.54, 1.807) is 6.07 Å². The molecule has 1 fully saturated rings. The number of hydrogen-bond donors (Lipinski definition) is 1. The Labute approximate surface area is 120 Å². The molecule has 1 aromatic heterocycles. The van der Waals surface area contributed by atoms with Crippen LogP contribution in [0.2, 0.25) is 0 Å². The zero-order valence-electron chi connectivity index (χ0n) is 11.7. The van der Waals surface area contributed by atoms with Crippen molar-refractivity contribution >= 4 is 16.7 Å². The third-order valence-corrected chi connectivity index (χ3v) is 4.60. The second-order valence-corrected chi connectivity index (χ2v) is 5.84. The van der Waals surface area contributed by atoms with Gasteiger partial charge < -0.3 is 10.1 Å². The monoisotopic (exact) mass is 290 g/mol. The molecule has 1 N–H and O–H groups in total. The molecular weight excluding hydrogens is 273 g/mol. The minimum atomic E-state index is -0.384. The number of anilines is 1. The van der Waals surface area contributed by atoms with Crippen molar-refractivity contribution in [3.63, 3.8) is 0 Å². The topological polar surface area (TPSA) is 51.4 Å². The number of hydrogen-bond acceptors (Lipinski definition) is 3. The van der Waals surface area contributed by atoms with Crippen LogP contribution in [0.25, 0.3) is 11.0 Å². The lowest BCUT2D eigenvalue weighted by atomic mass is 10.2. The van der Waals surface area contributed by atoms with Gasteiger partial charge in [-0.25, -0.2) is 4.39 Å². The molecule has 4 rings (SSSR count). The number of halogens is 1. The normalized spacial score (nSPS) is 17.7. The minimum absolute atomic E-state index is 0.242. The van der Waals surface area contributed by atoms with Gasteiger partial charge in [0.2, 0.25) is 0 Å². The summed E-state index contributed by atoms with van der Waals surface area (Å²) < 4.78 is 16.2. The Balaban J connectivity index is 2.01. The molecule has 0 unspecified atom stereocenters. The first kappa shape index (κ1) is 12.6. The van der Waals surface area contributed by atoms with Gasteiger partial charge in [-0.2, -0.15) is 4.73 Å². The number of aromatic nitrogens is 2. The molecule has 0 amide bonds. The lowest BCUT2D eigenvalue weighted by molar-refractivity contribution is -0.475. The summed E-state index contributed by atoms with van der Waals surface area (Å²) in [5.74, 6) is -0.384. The third-order valence-electron chi connectivity index (χ3n) is 4.60. The van der Waals surface area contributed by atoms with E-state index in [2.05, 4.69) is 0 Å². The molecule has 0 saturated carbocycles. The highest BCUT2D eigenvalue weighted by molar-refractivity contribution is 5.77. The summed E-state index contributed by atoms with van der Waals surface area (Å²) in [6, 6.07) is 2.85. The largest absolute Gasteiger partial charge is 0.428 e. The van der Waals surface area contributed by atoms with Gasteiger partial charge in [-0.1, -0.05) is 0 Å². The molecule has 21 heavy (non-hydrogen) atoms. The Kier molecular flexibility index (Phi) is 2.67. The van der Waals surface area contributed by atoms with Crippen LogP contribution in [0.5, 0.6) is 0 Å². The molecule has 0 atom stereocenters. The molecule has 6 heteroatoms. The second kappa shape index (κ2) is 4.44. The molecule has 5 nitrogen and oxygen atoms in total. The van der Waals surface area contributed by atoms with E-state index >= 15 is 0 Å². The van der Waals surface area contributed by atoms with E-state index in [-0.39, 0.29) is 11.3 Å². The Bertz CT molecular complexity index is 794. The van der Waals surface area contributed by atoms with Crippen LogP contribution in [0, 0.1) is 10.7 Å². The average Bonchev–Trinajstić information content (AvgIpc) is 3.15. The van der Waals surface area contributed by atoms with Gasteiger partial charge in [-0.15, -0.1) is 0 Å². The lowest BCUT2D eigenvalue weighted by Crippen LogP contribution is -2.27. The number of rotatable bonds is 1. The lowest BCUT2D eigenvalue weighted by Gasteiger charge is -2.18. The average molecular weight is 290 g/mol. The van der Waals surface area contributed by atoms with Crippen molar-refractivity contribution in [2.24, 2.45) is 0 Å². The van der Waals surface area contributed by atoms with Crippen molar-refractivity contribution in [1.82, 2.24) is 4.73 Å². The summed E-state index contributed by atoms with van der Waals surface area (Å²) >= 11 is 0. The van der Waals surface area contributed by atoms with Crippen molar-refractivity contribution in [2.75, 3.05) is 18.0 Å². The first-order valence-corrected chi connectivity index (χ1v) is 7.43. The predicted molar refractivity (Wildman–Crippen MR) is 75.9 cm³/mol. The van der Waals surface area contributed by atoms with Gasteiger partial charge >= 0.3 is 0 Å². The molecule has 2 aromatic rings. The summed E-state index contributed by atoms with van der Waals surface area (Å²) in [5, 5.41) is 10.3. The highest BCUT2D eigenvalue weighted by Crippen LogP contribution is 2.29. The maximum absolute atomic E-state index is 14.4. The van der Waals surface area contributed by atoms with Gasteiger partial charge in [-0.05, 0) is 25.7 Å². The molecule has 2 heterocycles. The fourth-order valence-electron chi connectivity index (χ4n) is 3.52. The molecule has 1 aliphatic heterocycles. The molecule has 0 radical (unpaired) electrons. The number of nitrogens with zero attached hydrogens (tertiary/aromatic N) is 3. The van der Waals surface area contributed by atoms with Gasteiger partial charge in [0.1, 0.15) is 11.5 Å². The molecule has 0 bridgehead atoms. The van der Waals surface area contributed by atoms with E-state index in [9.17, 15) is 14.5 Å². The van der Waals surface area contributed by atoms with Crippen LogP contribution in [-0.2, 0) is 12.8 Å². The zero-order chi connectivity index (χ0) is 14.6. The number of fused-ring (bicyclic) bond motifs is 2. The van der Waals surface area contributed by atoms with Crippen molar-refractivity contribution < 1.29 is 14.0 Å². The van der Waals surface area contributed by atoms with Gasteiger partial charge in [0.15, 0.2) is 5.52 Å². The maximum atomic E-state index is 14.4. The molecule has 2 aliphatic rings.